The molecule has 0 saturated carbocycles. The van der Waals surface area contributed by atoms with E-state index >= 15 is 0 Å². The molecule has 2 aliphatic heterocycles. The van der Waals surface area contributed by atoms with Crippen molar-refractivity contribution < 1.29 is 0 Å². The predicted molar refractivity (Wildman–Crippen MR) is 84.2 cm³/mol. The van der Waals surface area contributed by atoms with Crippen LogP contribution < -0.4 is 4.90 Å². The van der Waals surface area contributed by atoms with Crippen LogP contribution in [0.3, 0.4) is 0 Å². The van der Waals surface area contributed by atoms with E-state index in [-0.39, 0.29) is 0 Å². The van der Waals surface area contributed by atoms with Crippen molar-refractivity contribution in [2.45, 2.75) is 12.5 Å². The van der Waals surface area contributed by atoms with Gasteiger partial charge in [0, 0.05) is 24.7 Å². The third-order valence-corrected chi connectivity index (χ3v) is 4.87. The summed E-state index contributed by atoms with van der Waals surface area (Å²) in [6.07, 6.45) is 1.31. The van der Waals surface area contributed by atoms with Crippen molar-refractivity contribution in [2.24, 2.45) is 5.92 Å². The van der Waals surface area contributed by atoms with Crippen molar-refractivity contribution >= 4 is 5.82 Å². The number of fused-ring (bicyclic) bond motifs is 1. The molecule has 21 heavy (non-hydrogen) atoms. The highest BCUT2D eigenvalue weighted by Crippen LogP contribution is 2.32. The van der Waals surface area contributed by atoms with Crippen LogP contribution in [0.4, 0.5) is 5.82 Å². The fraction of sp³-hybridized carbons (Fsp3) is 0.412. The second kappa shape index (κ2) is 5.11. The highest BCUT2D eigenvalue weighted by molar-refractivity contribution is 5.59. The molecular weight excluding hydrogens is 260 g/mol. The molecule has 2 atom stereocenters. The van der Waals surface area contributed by atoms with Gasteiger partial charge in [-0.2, -0.15) is 0 Å². The molecule has 2 saturated heterocycles. The Morgan fingerprint density at radius 3 is 2.57 bits per heavy atom. The summed E-state index contributed by atoms with van der Waals surface area (Å²) in [6.45, 7) is 3.44. The first-order valence-electron chi connectivity index (χ1n) is 7.65. The SMILES string of the molecule is CN1CC[C@@H]2CN(c3ccc(-c4ccccc4)nn3)C[C@@H]21. The summed E-state index contributed by atoms with van der Waals surface area (Å²) in [5, 5.41) is 8.85. The average Bonchev–Trinajstić information content (AvgIpc) is 3.11. The zero-order chi connectivity index (χ0) is 14.2. The molecule has 2 aromatic rings. The molecule has 4 nitrogen and oxygen atoms in total. The number of aromatic nitrogens is 2. The number of benzene rings is 1. The number of nitrogens with zero attached hydrogens (tertiary/aromatic N) is 4. The van der Waals surface area contributed by atoms with E-state index in [4.69, 9.17) is 0 Å². The average molecular weight is 280 g/mol. The smallest absolute Gasteiger partial charge is 0.151 e. The monoisotopic (exact) mass is 280 g/mol. The van der Waals surface area contributed by atoms with Crippen LogP contribution in [-0.4, -0.2) is 47.8 Å². The first-order valence-corrected chi connectivity index (χ1v) is 7.65. The van der Waals surface area contributed by atoms with Crippen LogP contribution in [0.2, 0.25) is 0 Å². The fourth-order valence-corrected chi connectivity index (χ4v) is 3.62. The normalized spacial score (nSPS) is 25.3. The fourth-order valence-electron chi connectivity index (χ4n) is 3.62. The summed E-state index contributed by atoms with van der Waals surface area (Å²) in [5.41, 5.74) is 2.06. The Morgan fingerprint density at radius 1 is 1.00 bits per heavy atom. The van der Waals surface area contributed by atoms with Crippen LogP contribution in [0.25, 0.3) is 11.3 Å². The maximum absolute atomic E-state index is 4.45. The van der Waals surface area contributed by atoms with Gasteiger partial charge in [0.1, 0.15) is 0 Å². The Labute approximate surface area is 125 Å². The molecule has 4 heteroatoms. The highest BCUT2D eigenvalue weighted by Gasteiger charge is 2.39. The van der Waals surface area contributed by atoms with Gasteiger partial charge in [0.25, 0.3) is 0 Å². The molecule has 0 radical (unpaired) electrons. The summed E-state index contributed by atoms with van der Waals surface area (Å²) in [5.74, 6) is 1.81. The van der Waals surface area contributed by atoms with Gasteiger partial charge in [-0.05, 0) is 38.1 Å². The lowest BCUT2D eigenvalue weighted by molar-refractivity contribution is 0.310. The third-order valence-electron chi connectivity index (χ3n) is 4.87. The van der Waals surface area contributed by atoms with Crippen LogP contribution in [0.5, 0.6) is 0 Å². The van der Waals surface area contributed by atoms with Crippen molar-refractivity contribution in [2.75, 3.05) is 31.6 Å². The van der Waals surface area contributed by atoms with E-state index in [0.717, 1.165) is 36.1 Å². The van der Waals surface area contributed by atoms with E-state index in [9.17, 15) is 0 Å². The van der Waals surface area contributed by atoms with Crippen LogP contribution in [-0.2, 0) is 0 Å². The maximum Gasteiger partial charge on any atom is 0.151 e. The lowest BCUT2D eigenvalue weighted by Gasteiger charge is -2.21. The molecule has 0 N–H and O–H groups in total. The van der Waals surface area contributed by atoms with E-state index in [1.54, 1.807) is 0 Å². The molecule has 108 valence electrons. The molecule has 3 heterocycles. The predicted octanol–water partition coefficient (Wildman–Crippen LogP) is 2.28. The Hall–Kier alpha value is -1.94. The van der Waals surface area contributed by atoms with Crippen LogP contribution in [0.1, 0.15) is 6.42 Å². The number of likely N-dealkylation sites (tertiary alicyclic amines) is 1. The van der Waals surface area contributed by atoms with Gasteiger partial charge in [0.15, 0.2) is 5.82 Å². The number of hydrogen-bond donors (Lipinski definition) is 0. The molecule has 0 aliphatic carbocycles. The molecule has 1 aromatic carbocycles. The number of anilines is 1. The minimum Gasteiger partial charge on any atom is -0.353 e. The minimum absolute atomic E-state index is 0.695. The molecule has 0 spiro atoms. The summed E-state index contributed by atoms with van der Waals surface area (Å²) < 4.78 is 0. The van der Waals surface area contributed by atoms with Crippen LogP contribution in [0.15, 0.2) is 42.5 Å². The Balaban J connectivity index is 1.53. The second-order valence-corrected chi connectivity index (χ2v) is 6.14. The highest BCUT2D eigenvalue weighted by atomic mass is 15.3. The van der Waals surface area contributed by atoms with Gasteiger partial charge in [-0.1, -0.05) is 30.3 Å². The van der Waals surface area contributed by atoms with E-state index in [2.05, 4.69) is 51.3 Å². The Kier molecular flexibility index (Phi) is 3.11. The summed E-state index contributed by atoms with van der Waals surface area (Å²) in [4.78, 5) is 4.86. The maximum atomic E-state index is 4.45. The topological polar surface area (TPSA) is 32.3 Å². The van der Waals surface area contributed by atoms with Crippen molar-refractivity contribution in [3.05, 3.63) is 42.5 Å². The summed E-state index contributed by atoms with van der Waals surface area (Å²) in [7, 11) is 2.23. The second-order valence-electron chi connectivity index (χ2n) is 6.14. The van der Waals surface area contributed by atoms with E-state index < -0.39 is 0 Å². The lowest BCUT2D eigenvalue weighted by atomic mass is 10.1. The van der Waals surface area contributed by atoms with Crippen molar-refractivity contribution in [3.8, 4) is 11.3 Å². The molecule has 0 amide bonds. The molecule has 2 aliphatic rings. The Morgan fingerprint density at radius 2 is 1.86 bits per heavy atom. The van der Waals surface area contributed by atoms with E-state index in [1.165, 1.54) is 13.0 Å². The first kappa shape index (κ1) is 12.8. The van der Waals surface area contributed by atoms with Gasteiger partial charge < -0.3 is 9.80 Å². The van der Waals surface area contributed by atoms with Crippen molar-refractivity contribution in [1.82, 2.24) is 15.1 Å². The third kappa shape index (κ3) is 2.29. The zero-order valence-electron chi connectivity index (χ0n) is 12.3. The number of rotatable bonds is 2. The number of hydrogen-bond acceptors (Lipinski definition) is 4. The van der Waals surface area contributed by atoms with E-state index in [1.807, 2.05) is 18.2 Å². The number of likely N-dealkylation sites (N-methyl/N-ethyl adjacent to an activating group) is 1. The first-order chi connectivity index (χ1) is 10.3. The van der Waals surface area contributed by atoms with E-state index in [0.29, 0.717) is 6.04 Å². The quantitative estimate of drug-likeness (QED) is 0.845. The zero-order valence-corrected chi connectivity index (χ0v) is 12.3. The van der Waals surface area contributed by atoms with Gasteiger partial charge in [0.05, 0.1) is 5.69 Å². The standard InChI is InChI=1S/C17H20N4/c1-20-10-9-14-11-21(12-16(14)20)17-8-7-15(18-19-17)13-5-3-2-4-6-13/h2-8,14,16H,9-12H2,1H3/t14-,16+/m1/s1. The van der Waals surface area contributed by atoms with Crippen LogP contribution >= 0.6 is 0 Å². The van der Waals surface area contributed by atoms with Gasteiger partial charge in [-0.3, -0.25) is 0 Å². The summed E-state index contributed by atoms with van der Waals surface area (Å²) >= 11 is 0. The minimum atomic E-state index is 0.695. The molecule has 0 unspecified atom stereocenters. The molecule has 4 rings (SSSR count). The van der Waals surface area contributed by atoms with Crippen LogP contribution in [0, 0.1) is 5.92 Å². The van der Waals surface area contributed by atoms with Crippen molar-refractivity contribution in [1.29, 1.82) is 0 Å². The summed E-state index contributed by atoms with van der Waals surface area (Å²) in [6, 6.07) is 15.1. The van der Waals surface area contributed by atoms with Gasteiger partial charge >= 0.3 is 0 Å². The van der Waals surface area contributed by atoms with Gasteiger partial charge in [-0.15, -0.1) is 10.2 Å². The molecule has 2 fully saturated rings. The molecule has 0 bridgehead atoms. The van der Waals surface area contributed by atoms with Gasteiger partial charge in [0.2, 0.25) is 0 Å². The van der Waals surface area contributed by atoms with Crippen molar-refractivity contribution in [3.63, 3.8) is 0 Å². The Bertz CT molecular complexity index is 610. The largest absolute Gasteiger partial charge is 0.353 e. The molecule has 1 aromatic heterocycles. The lowest BCUT2D eigenvalue weighted by Crippen LogP contribution is -2.32. The molecular formula is C17H20N4. The van der Waals surface area contributed by atoms with Gasteiger partial charge in [-0.25, -0.2) is 0 Å².